The Balaban J connectivity index is 1.65. The third kappa shape index (κ3) is 3.87. The first-order chi connectivity index (χ1) is 15.6. The summed E-state index contributed by atoms with van der Waals surface area (Å²) in [7, 11) is 0. The first-order valence-corrected chi connectivity index (χ1v) is 12.1. The van der Waals surface area contributed by atoms with Gasteiger partial charge in [-0.2, -0.15) is 0 Å². The van der Waals surface area contributed by atoms with Crippen LogP contribution >= 0.6 is 23.1 Å². The van der Waals surface area contributed by atoms with Gasteiger partial charge in [-0.1, -0.05) is 67.2 Å². The Morgan fingerprint density at radius 1 is 1.03 bits per heavy atom. The van der Waals surface area contributed by atoms with Gasteiger partial charge in [0, 0.05) is 11.3 Å². The number of thiophene rings is 1. The van der Waals surface area contributed by atoms with Gasteiger partial charge in [0.25, 0.3) is 5.56 Å². The van der Waals surface area contributed by atoms with Crippen molar-refractivity contribution in [2.75, 3.05) is 0 Å². The van der Waals surface area contributed by atoms with Crippen molar-refractivity contribution in [3.05, 3.63) is 88.4 Å². The molecule has 0 saturated carbocycles. The highest BCUT2D eigenvalue weighted by Gasteiger charge is 2.18. The summed E-state index contributed by atoms with van der Waals surface area (Å²) in [6.07, 6.45) is 0.688. The topological polar surface area (TPSA) is 73.8 Å². The number of aromatic nitrogens is 4. The Bertz CT molecular complexity index is 1450. The molecule has 5 rings (SSSR count). The Morgan fingerprint density at radius 3 is 2.53 bits per heavy atom. The number of para-hydroxylation sites is 1. The lowest BCUT2D eigenvalue weighted by molar-refractivity contribution is 0.469. The molecule has 0 aliphatic rings. The molecule has 32 heavy (non-hydrogen) atoms. The fourth-order valence-electron chi connectivity index (χ4n) is 3.45. The molecule has 8 heteroatoms. The van der Waals surface area contributed by atoms with Crippen LogP contribution in [0.2, 0.25) is 0 Å². The lowest BCUT2D eigenvalue weighted by atomic mass is 10.2. The highest BCUT2D eigenvalue weighted by atomic mass is 32.2. The largest absolute Gasteiger partial charge is 0.424 e. The van der Waals surface area contributed by atoms with E-state index in [4.69, 9.17) is 9.40 Å². The van der Waals surface area contributed by atoms with Crippen molar-refractivity contribution in [3.8, 4) is 16.1 Å². The summed E-state index contributed by atoms with van der Waals surface area (Å²) in [5.41, 5.74) is 2.82. The summed E-state index contributed by atoms with van der Waals surface area (Å²) < 4.78 is 7.34. The van der Waals surface area contributed by atoms with Gasteiger partial charge in [0.2, 0.25) is 11.8 Å². The maximum Gasteiger partial charge on any atom is 0.267 e. The van der Waals surface area contributed by atoms with Crippen molar-refractivity contribution in [3.63, 3.8) is 0 Å². The van der Waals surface area contributed by atoms with E-state index in [2.05, 4.69) is 10.2 Å². The van der Waals surface area contributed by atoms with E-state index in [-0.39, 0.29) is 5.56 Å². The van der Waals surface area contributed by atoms with E-state index in [9.17, 15) is 4.79 Å². The van der Waals surface area contributed by atoms with Crippen molar-refractivity contribution in [2.24, 2.45) is 0 Å². The molecule has 0 spiro atoms. The molecule has 160 valence electrons. The summed E-state index contributed by atoms with van der Waals surface area (Å²) >= 11 is 2.95. The third-order valence-corrected chi connectivity index (χ3v) is 7.09. The van der Waals surface area contributed by atoms with Gasteiger partial charge in [0.1, 0.15) is 4.83 Å². The van der Waals surface area contributed by atoms with E-state index in [1.54, 1.807) is 4.57 Å². The molecule has 0 atom stereocenters. The Labute approximate surface area is 193 Å². The maximum absolute atomic E-state index is 13.7. The monoisotopic (exact) mass is 460 g/mol. The molecule has 0 N–H and O–H groups in total. The van der Waals surface area contributed by atoms with Gasteiger partial charge >= 0.3 is 0 Å². The maximum atomic E-state index is 13.7. The number of rotatable bonds is 6. The van der Waals surface area contributed by atoms with Crippen molar-refractivity contribution >= 4 is 33.3 Å². The van der Waals surface area contributed by atoms with Crippen LogP contribution in [0.3, 0.4) is 0 Å². The highest BCUT2D eigenvalue weighted by Crippen LogP contribution is 2.33. The van der Waals surface area contributed by atoms with Crippen LogP contribution in [0.1, 0.15) is 24.3 Å². The van der Waals surface area contributed by atoms with Crippen LogP contribution in [-0.2, 0) is 12.2 Å². The quantitative estimate of drug-likeness (QED) is 0.240. The van der Waals surface area contributed by atoms with Crippen molar-refractivity contribution < 1.29 is 4.42 Å². The average molecular weight is 461 g/mol. The summed E-state index contributed by atoms with van der Waals surface area (Å²) in [6, 6.07) is 19.8. The highest BCUT2D eigenvalue weighted by molar-refractivity contribution is 7.98. The zero-order chi connectivity index (χ0) is 22.1. The van der Waals surface area contributed by atoms with Crippen molar-refractivity contribution in [2.45, 2.75) is 31.2 Å². The van der Waals surface area contributed by atoms with E-state index < -0.39 is 0 Å². The number of fused-ring (bicyclic) bond motifs is 1. The first-order valence-electron chi connectivity index (χ1n) is 10.3. The molecular formula is C24H20N4O2S2. The van der Waals surface area contributed by atoms with Crippen LogP contribution in [0.5, 0.6) is 0 Å². The van der Waals surface area contributed by atoms with E-state index in [1.165, 1.54) is 23.1 Å². The van der Waals surface area contributed by atoms with E-state index >= 15 is 0 Å². The van der Waals surface area contributed by atoms with Gasteiger partial charge in [0.15, 0.2) is 5.16 Å². The lowest BCUT2D eigenvalue weighted by Crippen LogP contribution is -2.21. The summed E-state index contributed by atoms with van der Waals surface area (Å²) in [5, 5.41) is 9.35. The molecule has 0 aliphatic carbocycles. The molecule has 6 nitrogen and oxygen atoms in total. The summed E-state index contributed by atoms with van der Waals surface area (Å²) in [4.78, 5) is 20.3. The van der Waals surface area contributed by atoms with Crippen LogP contribution in [0.4, 0.5) is 0 Å². The standard InChI is InChI=1S/C24H20N4O2S2/c1-3-20-26-27-21(30-20)14-31-24-25-22-17(13-19(32-22)16-10-5-4-6-11-16)23(29)28(24)18-12-8-7-9-15(18)2/h4-13H,3,14H2,1-2H3. The minimum absolute atomic E-state index is 0.0787. The van der Waals surface area contributed by atoms with Crippen molar-refractivity contribution in [1.82, 2.24) is 19.7 Å². The molecular weight excluding hydrogens is 440 g/mol. The fraction of sp³-hybridized carbons (Fsp3) is 0.167. The predicted molar refractivity (Wildman–Crippen MR) is 129 cm³/mol. The van der Waals surface area contributed by atoms with E-state index in [1.807, 2.05) is 74.5 Å². The first kappa shape index (κ1) is 20.7. The van der Waals surface area contributed by atoms with E-state index in [0.717, 1.165) is 26.5 Å². The number of hydrogen-bond acceptors (Lipinski definition) is 7. The van der Waals surface area contributed by atoms with Gasteiger partial charge < -0.3 is 4.42 Å². The molecule has 0 amide bonds. The Hall–Kier alpha value is -3.23. The number of thioether (sulfide) groups is 1. The molecule has 0 saturated heterocycles. The molecule has 0 radical (unpaired) electrons. The van der Waals surface area contributed by atoms with Gasteiger partial charge in [-0.05, 0) is 30.2 Å². The second kappa shape index (κ2) is 8.72. The Kier molecular flexibility index (Phi) is 5.63. The number of nitrogens with zero attached hydrogens (tertiary/aromatic N) is 4. The van der Waals surface area contributed by atoms with Crippen molar-refractivity contribution in [1.29, 1.82) is 0 Å². The van der Waals surface area contributed by atoms with Gasteiger partial charge in [-0.15, -0.1) is 21.5 Å². The third-order valence-electron chi connectivity index (χ3n) is 5.09. The Morgan fingerprint density at radius 2 is 1.78 bits per heavy atom. The van der Waals surface area contributed by atoms with E-state index in [0.29, 0.717) is 34.5 Å². The van der Waals surface area contributed by atoms with Gasteiger partial charge in [-0.25, -0.2) is 4.98 Å². The zero-order valence-electron chi connectivity index (χ0n) is 17.6. The molecule has 0 bridgehead atoms. The molecule has 2 aromatic carbocycles. The average Bonchev–Trinajstić information content (AvgIpc) is 3.46. The predicted octanol–water partition coefficient (Wildman–Crippen LogP) is 5.66. The van der Waals surface area contributed by atoms with Crippen LogP contribution in [0.15, 0.2) is 75.0 Å². The smallest absolute Gasteiger partial charge is 0.267 e. The number of aryl methyl sites for hydroxylation is 2. The fourth-order valence-corrected chi connectivity index (χ4v) is 5.37. The second-order valence-electron chi connectivity index (χ2n) is 7.25. The molecule has 0 aliphatic heterocycles. The van der Waals surface area contributed by atoms with Crippen LogP contribution in [0, 0.1) is 6.92 Å². The second-order valence-corrected chi connectivity index (χ2v) is 9.22. The van der Waals surface area contributed by atoms with Gasteiger partial charge in [0.05, 0.1) is 16.8 Å². The molecule has 0 unspecified atom stereocenters. The molecule has 3 heterocycles. The lowest BCUT2D eigenvalue weighted by Gasteiger charge is -2.13. The molecule has 5 aromatic rings. The van der Waals surface area contributed by atoms with Crippen LogP contribution in [0.25, 0.3) is 26.3 Å². The van der Waals surface area contributed by atoms with Gasteiger partial charge in [-0.3, -0.25) is 9.36 Å². The van der Waals surface area contributed by atoms with Crippen LogP contribution < -0.4 is 5.56 Å². The number of hydrogen-bond donors (Lipinski definition) is 0. The minimum atomic E-state index is -0.0787. The molecule has 0 fully saturated rings. The SMILES string of the molecule is CCc1nnc(CSc2nc3sc(-c4ccccc4)cc3c(=O)n2-c2ccccc2C)o1. The summed E-state index contributed by atoms with van der Waals surface area (Å²) in [5.74, 6) is 1.56. The summed E-state index contributed by atoms with van der Waals surface area (Å²) in [6.45, 7) is 3.96. The minimum Gasteiger partial charge on any atom is -0.424 e. The number of benzene rings is 2. The zero-order valence-corrected chi connectivity index (χ0v) is 19.2. The normalized spacial score (nSPS) is 11.3. The van der Waals surface area contributed by atoms with Crippen LogP contribution in [-0.4, -0.2) is 19.7 Å². The molecule has 3 aromatic heterocycles.